The number of guanidine groups is 1. The summed E-state index contributed by atoms with van der Waals surface area (Å²) in [5.74, 6) is 1.40. The number of rotatable bonds is 7. The minimum absolute atomic E-state index is 0. The van der Waals surface area contributed by atoms with Gasteiger partial charge in [-0.2, -0.15) is 13.9 Å². The zero-order valence-corrected chi connectivity index (χ0v) is 19.5. The highest BCUT2D eigenvalue weighted by Crippen LogP contribution is 2.38. The van der Waals surface area contributed by atoms with Crippen LogP contribution in [-0.4, -0.2) is 36.2 Å². The number of hydrogen-bond acceptors (Lipinski definition) is 5. The Kier molecular flexibility index (Phi) is 8.09. The van der Waals surface area contributed by atoms with E-state index in [2.05, 4.69) is 25.5 Å². The summed E-state index contributed by atoms with van der Waals surface area (Å²) in [6, 6.07) is 12.8. The molecule has 4 rings (SSSR count). The second-order valence-corrected chi connectivity index (χ2v) is 6.59. The SMILES string of the molecule is CN=C(NCc1ccc(-n2cccn2)cc1)NCc1cc2c(cc1OC(F)F)OCO2.I. The van der Waals surface area contributed by atoms with Crippen molar-refractivity contribution in [3.8, 4) is 22.9 Å². The molecule has 0 atom stereocenters. The van der Waals surface area contributed by atoms with Gasteiger partial charge in [0.1, 0.15) is 5.75 Å². The monoisotopic (exact) mass is 557 g/mol. The van der Waals surface area contributed by atoms with Crippen LogP contribution in [-0.2, 0) is 13.1 Å². The average Bonchev–Trinajstić information content (AvgIpc) is 3.46. The topological polar surface area (TPSA) is 81.9 Å². The van der Waals surface area contributed by atoms with E-state index in [9.17, 15) is 8.78 Å². The maximum atomic E-state index is 12.8. The van der Waals surface area contributed by atoms with Gasteiger partial charge in [0.05, 0.1) is 5.69 Å². The van der Waals surface area contributed by atoms with Gasteiger partial charge in [0.2, 0.25) is 6.79 Å². The maximum absolute atomic E-state index is 12.8. The number of aliphatic imine (C=N–C) groups is 1. The number of nitrogens with one attached hydrogen (secondary N) is 2. The average molecular weight is 557 g/mol. The molecule has 8 nitrogen and oxygen atoms in total. The van der Waals surface area contributed by atoms with Crippen molar-refractivity contribution in [1.29, 1.82) is 0 Å². The van der Waals surface area contributed by atoms with E-state index in [4.69, 9.17) is 9.47 Å². The zero-order valence-electron chi connectivity index (χ0n) is 17.1. The third kappa shape index (κ3) is 5.78. The standard InChI is InChI=1S/C21H21F2N5O3.HI/c1-24-21(25-11-14-3-5-16(6-4-14)28-8-2-7-27-28)26-12-15-9-18-19(30-13-29-18)10-17(15)31-20(22)23;/h2-10,20H,11-13H2,1H3,(H2,24,25,26);1H. The first-order valence-corrected chi connectivity index (χ1v) is 9.53. The summed E-state index contributed by atoms with van der Waals surface area (Å²) in [5, 5.41) is 10.5. The van der Waals surface area contributed by atoms with Crippen molar-refractivity contribution in [2.45, 2.75) is 19.7 Å². The molecule has 1 aliphatic heterocycles. The molecular formula is C21H22F2IN5O3. The van der Waals surface area contributed by atoms with E-state index < -0.39 is 6.61 Å². The summed E-state index contributed by atoms with van der Waals surface area (Å²) in [6.45, 7) is -2.17. The molecule has 0 amide bonds. The number of halogens is 3. The maximum Gasteiger partial charge on any atom is 0.387 e. The molecule has 0 bridgehead atoms. The van der Waals surface area contributed by atoms with Crippen molar-refractivity contribution >= 4 is 29.9 Å². The molecular weight excluding hydrogens is 535 g/mol. The van der Waals surface area contributed by atoms with Gasteiger partial charge in [0, 0.05) is 44.2 Å². The smallest absolute Gasteiger partial charge is 0.387 e. The fraction of sp³-hybridized carbons (Fsp3) is 0.238. The molecule has 0 aliphatic carbocycles. The Balaban J connectivity index is 0.00000289. The normalized spacial score (nSPS) is 12.4. The van der Waals surface area contributed by atoms with Gasteiger partial charge in [0.15, 0.2) is 17.5 Å². The van der Waals surface area contributed by atoms with Crippen LogP contribution < -0.4 is 24.8 Å². The third-order valence-corrected chi connectivity index (χ3v) is 4.61. The highest BCUT2D eigenvalue weighted by atomic mass is 127. The van der Waals surface area contributed by atoms with Crippen molar-refractivity contribution in [2.75, 3.05) is 13.8 Å². The van der Waals surface area contributed by atoms with Crippen LogP contribution in [0.15, 0.2) is 59.9 Å². The van der Waals surface area contributed by atoms with E-state index in [0.717, 1.165) is 11.3 Å². The van der Waals surface area contributed by atoms with Gasteiger partial charge >= 0.3 is 6.61 Å². The molecule has 0 saturated heterocycles. The lowest BCUT2D eigenvalue weighted by Crippen LogP contribution is -2.36. The minimum Gasteiger partial charge on any atom is -0.454 e. The summed E-state index contributed by atoms with van der Waals surface area (Å²) >= 11 is 0. The van der Waals surface area contributed by atoms with Gasteiger partial charge in [-0.15, -0.1) is 24.0 Å². The van der Waals surface area contributed by atoms with Gasteiger partial charge in [-0.1, -0.05) is 12.1 Å². The number of alkyl halides is 2. The molecule has 170 valence electrons. The van der Waals surface area contributed by atoms with Crippen LogP contribution >= 0.6 is 24.0 Å². The van der Waals surface area contributed by atoms with Crippen LogP contribution in [0.4, 0.5) is 8.78 Å². The number of aromatic nitrogens is 2. The zero-order chi connectivity index (χ0) is 21.6. The van der Waals surface area contributed by atoms with E-state index in [1.54, 1.807) is 24.0 Å². The Bertz CT molecular complexity index is 1050. The summed E-state index contributed by atoms with van der Waals surface area (Å²) in [4.78, 5) is 4.17. The van der Waals surface area contributed by atoms with Crippen LogP contribution in [0.1, 0.15) is 11.1 Å². The van der Waals surface area contributed by atoms with E-state index in [-0.39, 0.29) is 43.1 Å². The highest BCUT2D eigenvalue weighted by Gasteiger charge is 2.20. The van der Waals surface area contributed by atoms with Crippen LogP contribution in [0.25, 0.3) is 5.69 Å². The summed E-state index contributed by atoms with van der Waals surface area (Å²) in [5.41, 5.74) is 2.50. The molecule has 11 heteroatoms. The first kappa shape index (κ1) is 23.6. The number of ether oxygens (including phenoxy) is 3. The molecule has 1 aliphatic rings. The third-order valence-electron chi connectivity index (χ3n) is 4.61. The second-order valence-electron chi connectivity index (χ2n) is 6.59. The molecule has 2 heterocycles. The van der Waals surface area contributed by atoms with Crippen molar-refractivity contribution in [3.05, 3.63) is 66.0 Å². The predicted octanol–water partition coefficient (Wildman–Crippen LogP) is 3.69. The quantitative estimate of drug-likeness (QED) is 0.262. The minimum atomic E-state index is -2.94. The Hall–Kier alpha value is -3.09. The molecule has 2 N–H and O–H groups in total. The van der Waals surface area contributed by atoms with Crippen molar-refractivity contribution < 1.29 is 23.0 Å². The van der Waals surface area contributed by atoms with Gasteiger partial charge in [0.25, 0.3) is 0 Å². The Labute approximate surface area is 200 Å². The molecule has 2 aromatic carbocycles. The van der Waals surface area contributed by atoms with Crippen LogP contribution in [0.2, 0.25) is 0 Å². The number of nitrogens with zero attached hydrogens (tertiary/aromatic N) is 3. The van der Waals surface area contributed by atoms with Crippen molar-refractivity contribution in [1.82, 2.24) is 20.4 Å². The van der Waals surface area contributed by atoms with E-state index in [1.165, 1.54) is 6.07 Å². The Morgan fingerprint density at radius 2 is 1.88 bits per heavy atom. The first-order valence-electron chi connectivity index (χ1n) is 9.53. The molecule has 32 heavy (non-hydrogen) atoms. The largest absolute Gasteiger partial charge is 0.454 e. The van der Waals surface area contributed by atoms with E-state index in [1.807, 2.05) is 36.5 Å². The van der Waals surface area contributed by atoms with Crippen LogP contribution in [0.5, 0.6) is 17.2 Å². The fourth-order valence-corrected chi connectivity index (χ4v) is 3.08. The fourth-order valence-electron chi connectivity index (χ4n) is 3.08. The number of fused-ring (bicyclic) bond motifs is 1. The van der Waals surface area contributed by atoms with Gasteiger partial charge in [-0.25, -0.2) is 4.68 Å². The second kappa shape index (κ2) is 11.0. The van der Waals surface area contributed by atoms with Gasteiger partial charge < -0.3 is 24.8 Å². The summed E-state index contributed by atoms with van der Waals surface area (Å²) in [7, 11) is 1.63. The van der Waals surface area contributed by atoms with E-state index >= 15 is 0 Å². The van der Waals surface area contributed by atoms with Gasteiger partial charge in [-0.3, -0.25) is 4.99 Å². The lowest BCUT2D eigenvalue weighted by Gasteiger charge is -2.15. The lowest BCUT2D eigenvalue weighted by atomic mass is 10.1. The van der Waals surface area contributed by atoms with Crippen LogP contribution in [0, 0.1) is 0 Å². The molecule has 0 spiro atoms. The Morgan fingerprint density at radius 1 is 1.16 bits per heavy atom. The molecule has 0 radical (unpaired) electrons. The van der Waals surface area contributed by atoms with Gasteiger partial charge in [-0.05, 0) is 29.8 Å². The van der Waals surface area contributed by atoms with E-state index in [0.29, 0.717) is 29.6 Å². The summed E-state index contributed by atoms with van der Waals surface area (Å²) < 4.78 is 42.5. The summed E-state index contributed by atoms with van der Waals surface area (Å²) in [6.07, 6.45) is 3.60. The molecule has 0 unspecified atom stereocenters. The lowest BCUT2D eigenvalue weighted by molar-refractivity contribution is -0.0505. The van der Waals surface area contributed by atoms with Crippen molar-refractivity contribution in [2.24, 2.45) is 4.99 Å². The highest BCUT2D eigenvalue weighted by molar-refractivity contribution is 14.0. The molecule has 3 aromatic rings. The molecule has 0 saturated carbocycles. The molecule has 0 fully saturated rings. The number of benzene rings is 2. The van der Waals surface area contributed by atoms with Crippen LogP contribution in [0.3, 0.4) is 0 Å². The van der Waals surface area contributed by atoms with Crippen molar-refractivity contribution in [3.63, 3.8) is 0 Å². The Morgan fingerprint density at radius 3 is 2.53 bits per heavy atom. The predicted molar refractivity (Wildman–Crippen MR) is 125 cm³/mol. The molecule has 1 aromatic heterocycles. The number of hydrogen-bond donors (Lipinski definition) is 2. The first-order chi connectivity index (χ1) is 15.1.